The zero-order valence-corrected chi connectivity index (χ0v) is 6.60. The Morgan fingerprint density at radius 3 is 2.42 bits per heavy atom. The van der Waals surface area contributed by atoms with Crippen molar-refractivity contribution in [2.45, 2.75) is 24.7 Å². The maximum atomic E-state index is 10.6. The first-order valence-corrected chi connectivity index (χ1v) is 3.41. The number of carbonyl (C=O) groups is 1. The molecule has 0 amide bonds. The van der Waals surface area contributed by atoms with Crippen LogP contribution < -0.4 is 5.73 Å². The van der Waals surface area contributed by atoms with E-state index in [0.717, 1.165) is 0 Å². The van der Waals surface area contributed by atoms with Crippen molar-refractivity contribution in [2.24, 2.45) is 5.73 Å². The summed E-state index contributed by atoms with van der Waals surface area (Å²) in [6.07, 6.45) is -0.795. The first-order chi connectivity index (χ1) is 5.42. The lowest BCUT2D eigenvalue weighted by molar-refractivity contribution is -0.148. The van der Waals surface area contributed by atoms with Gasteiger partial charge in [0.15, 0.2) is 6.29 Å². The summed E-state index contributed by atoms with van der Waals surface area (Å²) >= 11 is 0. The quantitative estimate of drug-likeness (QED) is 0.318. The number of nitrogens with two attached hydrogens (primary N) is 1. The van der Waals surface area contributed by atoms with Crippen LogP contribution in [0.3, 0.4) is 0 Å². The maximum Gasteiger partial charge on any atom is 0.324 e. The van der Waals surface area contributed by atoms with Gasteiger partial charge in [0.05, 0.1) is 0 Å². The molecule has 0 radical (unpaired) electrons. The summed E-state index contributed by atoms with van der Waals surface area (Å²) in [6.45, 7) is 3.33. The average molecular weight is 175 g/mol. The van der Waals surface area contributed by atoms with Crippen molar-refractivity contribution in [1.29, 1.82) is 0 Å². The van der Waals surface area contributed by atoms with Crippen LogP contribution in [0, 0.1) is 0 Å². The zero-order chi connectivity index (χ0) is 9.78. The molecule has 0 aliphatic carbocycles. The molecule has 12 heavy (non-hydrogen) atoms. The molecule has 0 heterocycles. The van der Waals surface area contributed by atoms with E-state index in [9.17, 15) is 4.79 Å². The number of hydrogen-bond acceptors (Lipinski definition) is 4. The highest BCUT2D eigenvalue weighted by molar-refractivity contribution is 5.78. The van der Waals surface area contributed by atoms with E-state index in [1.54, 1.807) is 0 Å². The van der Waals surface area contributed by atoms with Gasteiger partial charge in [-0.1, -0.05) is 6.08 Å². The van der Waals surface area contributed by atoms with Crippen molar-refractivity contribution in [2.75, 3.05) is 0 Å². The van der Waals surface area contributed by atoms with Crippen LogP contribution in [0.5, 0.6) is 0 Å². The van der Waals surface area contributed by atoms with Crippen molar-refractivity contribution >= 4 is 5.97 Å². The fourth-order valence-corrected chi connectivity index (χ4v) is 0.841. The molecule has 0 aromatic heterocycles. The third-order valence-corrected chi connectivity index (χ3v) is 1.48. The molecule has 0 saturated heterocycles. The summed E-state index contributed by atoms with van der Waals surface area (Å²) < 4.78 is 0. The van der Waals surface area contributed by atoms with E-state index in [0.29, 0.717) is 0 Å². The van der Waals surface area contributed by atoms with Gasteiger partial charge in [0, 0.05) is 6.42 Å². The SMILES string of the molecule is C=CCC(N)(CC(O)O)C(=O)O. The van der Waals surface area contributed by atoms with Crippen LogP contribution in [-0.2, 0) is 4.79 Å². The fraction of sp³-hybridized carbons (Fsp3) is 0.571. The summed E-state index contributed by atoms with van der Waals surface area (Å²) in [5, 5.41) is 25.7. The molecule has 5 heteroatoms. The monoisotopic (exact) mass is 175 g/mol. The van der Waals surface area contributed by atoms with Crippen molar-refractivity contribution in [3.63, 3.8) is 0 Å². The standard InChI is InChI=1S/C7H13NO4/c1-2-3-7(8,6(11)12)4-5(9)10/h2,5,9-10H,1,3-4,8H2,(H,11,12). The lowest BCUT2D eigenvalue weighted by Gasteiger charge is -2.23. The van der Waals surface area contributed by atoms with E-state index in [2.05, 4.69) is 6.58 Å². The number of hydrogen-bond donors (Lipinski definition) is 4. The van der Waals surface area contributed by atoms with Gasteiger partial charge in [-0.05, 0) is 6.42 Å². The minimum absolute atomic E-state index is 0.0000463. The van der Waals surface area contributed by atoms with Gasteiger partial charge in [-0.3, -0.25) is 4.79 Å². The number of carboxylic acids is 1. The molecular weight excluding hydrogens is 162 g/mol. The van der Waals surface area contributed by atoms with Gasteiger partial charge in [-0.15, -0.1) is 6.58 Å². The van der Waals surface area contributed by atoms with Gasteiger partial charge < -0.3 is 21.1 Å². The molecule has 1 unspecified atom stereocenters. The number of carboxylic acid groups (broad SMARTS) is 1. The Hall–Kier alpha value is -0.910. The second-order valence-electron chi connectivity index (χ2n) is 2.64. The predicted molar refractivity (Wildman–Crippen MR) is 42.2 cm³/mol. The Labute approximate surface area is 70.1 Å². The van der Waals surface area contributed by atoms with Crippen molar-refractivity contribution in [1.82, 2.24) is 0 Å². The summed E-state index contributed by atoms with van der Waals surface area (Å²) in [4.78, 5) is 10.6. The lowest BCUT2D eigenvalue weighted by atomic mass is 9.92. The minimum atomic E-state index is -1.72. The highest BCUT2D eigenvalue weighted by Gasteiger charge is 2.34. The first kappa shape index (κ1) is 11.1. The van der Waals surface area contributed by atoms with Crippen molar-refractivity contribution in [3.8, 4) is 0 Å². The van der Waals surface area contributed by atoms with E-state index in [1.807, 2.05) is 0 Å². The van der Waals surface area contributed by atoms with E-state index in [-0.39, 0.29) is 6.42 Å². The largest absolute Gasteiger partial charge is 0.480 e. The van der Waals surface area contributed by atoms with Crippen molar-refractivity contribution < 1.29 is 20.1 Å². The molecule has 0 aliphatic rings. The normalized spacial score (nSPS) is 15.7. The predicted octanol–water partition coefficient (Wildman–Crippen LogP) is -0.955. The minimum Gasteiger partial charge on any atom is -0.480 e. The second-order valence-corrected chi connectivity index (χ2v) is 2.64. The van der Waals surface area contributed by atoms with Crippen molar-refractivity contribution in [3.05, 3.63) is 12.7 Å². The summed E-state index contributed by atoms with van der Waals surface area (Å²) in [6, 6.07) is 0. The van der Waals surface area contributed by atoms with E-state index >= 15 is 0 Å². The molecule has 1 atom stereocenters. The molecule has 0 rings (SSSR count). The second kappa shape index (κ2) is 4.20. The van der Waals surface area contributed by atoms with Gasteiger partial charge >= 0.3 is 5.97 Å². The average Bonchev–Trinajstić information content (AvgIpc) is 1.85. The molecule has 0 bridgehead atoms. The number of aliphatic carboxylic acids is 1. The first-order valence-electron chi connectivity index (χ1n) is 3.41. The van der Waals surface area contributed by atoms with Crippen LogP contribution >= 0.6 is 0 Å². The third kappa shape index (κ3) is 3.00. The molecule has 5 nitrogen and oxygen atoms in total. The van der Waals surface area contributed by atoms with Crippen LogP contribution in [-0.4, -0.2) is 33.1 Å². The van der Waals surface area contributed by atoms with Gasteiger partial charge in [-0.2, -0.15) is 0 Å². The Morgan fingerprint density at radius 1 is 1.67 bits per heavy atom. The summed E-state index contributed by atoms with van der Waals surface area (Å²) in [5.41, 5.74) is 3.73. The van der Waals surface area contributed by atoms with Crippen LogP contribution in [0.2, 0.25) is 0 Å². The summed E-state index contributed by atoms with van der Waals surface area (Å²) in [5.74, 6) is -1.27. The van der Waals surface area contributed by atoms with Gasteiger partial charge in [0.25, 0.3) is 0 Å². The molecule has 0 aromatic rings. The molecule has 5 N–H and O–H groups in total. The number of rotatable bonds is 5. The fourth-order valence-electron chi connectivity index (χ4n) is 0.841. The maximum absolute atomic E-state index is 10.6. The van der Waals surface area contributed by atoms with Gasteiger partial charge in [0.2, 0.25) is 0 Å². The van der Waals surface area contributed by atoms with Crippen LogP contribution in [0.15, 0.2) is 12.7 Å². The van der Waals surface area contributed by atoms with Crippen LogP contribution in [0.25, 0.3) is 0 Å². The lowest BCUT2D eigenvalue weighted by Crippen LogP contribution is -2.49. The van der Waals surface area contributed by atoms with Crippen LogP contribution in [0.4, 0.5) is 0 Å². The Morgan fingerprint density at radius 2 is 2.17 bits per heavy atom. The molecular formula is C7H13NO4. The Bertz CT molecular complexity index is 180. The van der Waals surface area contributed by atoms with E-state index < -0.39 is 24.2 Å². The van der Waals surface area contributed by atoms with E-state index in [1.165, 1.54) is 6.08 Å². The molecule has 0 spiro atoms. The molecule has 0 aromatic carbocycles. The van der Waals surface area contributed by atoms with Gasteiger partial charge in [-0.25, -0.2) is 0 Å². The van der Waals surface area contributed by atoms with E-state index in [4.69, 9.17) is 21.1 Å². The zero-order valence-electron chi connectivity index (χ0n) is 6.60. The smallest absolute Gasteiger partial charge is 0.324 e. The Balaban J connectivity index is 4.38. The molecule has 70 valence electrons. The summed E-state index contributed by atoms with van der Waals surface area (Å²) in [7, 11) is 0. The number of aliphatic hydroxyl groups excluding tert-OH is 1. The molecule has 0 aliphatic heterocycles. The Kier molecular flexibility index (Phi) is 3.88. The van der Waals surface area contributed by atoms with Gasteiger partial charge in [0.1, 0.15) is 5.54 Å². The van der Waals surface area contributed by atoms with Crippen LogP contribution in [0.1, 0.15) is 12.8 Å². The topological polar surface area (TPSA) is 104 Å². The highest BCUT2D eigenvalue weighted by atomic mass is 16.5. The molecule has 0 saturated carbocycles. The molecule has 0 fully saturated rings. The highest BCUT2D eigenvalue weighted by Crippen LogP contribution is 2.14. The third-order valence-electron chi connectivity index (χ3n) is 1.48. The number of aliphatic hydroxyl groups is 2.